The largest absolute Gasteiger partial charge is 0.494 e. The first-order valence-corrected chi connectivity index (χ1v) is 9.26. The molecule has 0 aliphatic carbocycles. The molecule has 1 aliphatic rings. The lowest BCUT2D eigenvalue weighted by Crippen LogP contribution is -2.49. The van der Waals surface area contributed by atoms with E-state index in [1.807, 2.05) is 0 Å². The number of hydrogen-bond donors (Lipinski definition) is 0. The Hall–Kier alpha value is -3.55. The lowest BCUT2D eigenvalue weighted by Gasteiger charge is -2.27. The van der Waals surface area contributed by atoms with Gasteiger partial charge < -0.3 is 9.47 Å². The van der Waals surface area contributed by atoms with E-state index in [9.17, 15) is 23.6 Å². The molecule has 1 atom stereocenters. The van der Waals surface area contributed by atoms with Gasteiger partial charge in [-0.3, -0.25) is 19.3 Å². The van der Waals surface area contributed by atoms with Gasteiger partial charge in [0.15, 0.2) is 24.0 Å². The number of ether oxygens (including phenoxy) is 2. The molecule has 7 nitrogen and oxygen atoms in total. The fraction of sp³-hybridized carbons (Fsp3) is 0.273. The number of imide groups is 1. The van der Waals surface area contributed by atoms with Crippen LogP contribution in [0.3, 0.4) is 0 Å². The van der Waals surface area contributed by atoms with Gasteiger partial charge in [0.1, 0.15) is 6.04 Å². The van der Waals surface area contributed by atoms with Crippen molar-refractivity contribution in [3.05, 3.63) is 65.0 Å². The lowest BCUT2D eigenvalue weighted by atomic mass is 10.0. The zero-order valence-corrected chi connectivity index (χ0v) is 16.7. The number of Topliss-reactive ketones (excluding diaryl/α,β-unsaturated/α-hetero) is 1. The van der Waals surface area contributed by atoms with Crippen LogP contribution in [0.4, 0.5) is 4.39 Å². The number of benzene rings is 2. The summed E-state index contributed by atoms with van der Waals surface area (Å²) >= 11 is 0. The van der Waals surface area contributed by atoms with E-state index in [4.69, 9.17) is 9.47 Å². The van der Waals surface area contributed by atoms with Crippen molar-refractivity contribution in [3.63, 3.8) is 0 Å². The van der Waals surface area contributed by atoms with Gasteiger partial charge >= 0.3 is 5.97 Å². The standard InChI is InChI=1S/C22H20FNO6/c1-12(2)19(24-20(26)14-6-4-5-7-15(14)21(24)27)22(28)30-11-17(25)13-8-9-18(29-3)16(23)10-13/h4-10,12,19H,11H2,1-3H3/t19-/m0/s1. The summed E-state index contributed by atoms with van der Waals surface area (Å²) in [5, 5.41) is 0. The summed E-state index contributed by atoms with van der Waals surface area (Å²) in [6.45, 7) is 2.67. The lowest BCUT2D eigenvalue weighted by molar-refractivity contribution is -0.148. The second-order valence-electron chi connectivity index (χ2n) is 7.09. The highest BCUT2D eigenvalue weighted by Crippen LogP contribution is 2.27. The van der Waals surface area contributed by atoms with Gasteiger partial charge in [0, 0.05) is 5.56 Å². The Morgan fingerprint density at radius 1 is 1.03 bits per heavy atom. The zero-order chi connectivity index (χ0) is 22.0. The maximum Gasteiger partial charge on any atom is 0.330 e. The third-order valence-corrected chi connectivity index (χ3v) is 4.80. The Balaban J connectivity index is 1.74. The number of nitrogens with zero attached hydrogens (tertiary/aromatic N) is 1. The molecule has 156 valence electrons. The molecule has 8 heteroatoms. The maximum absolute atomic E-state index is 13.8. The minimum Gasteiger partial charge on any atom is -0.494 e. The fourth-order valence-electron chi connectivity index (χ4n) is 3.28. The number of fused-ring (bicyclic) bond motifs is 1. The van der Waals surface area contributed by atoms with E-state index in [0.717, 1.165) is 11.0 Å². The van der Waals surface area contributed by atoms with Crippen molar-refractivity contribution in [2.75, 3.05) is 13.7 Å². The normalized spacial score (nSPS) is 14.0. The Kier molecular flexibility index (Phi) is 5.96. The average Bonchev–Trinajstić information content (AvgIpc) is 2.97. The fourth-order valence-corrected chi connectivity index (χ4v) is 3.28. The number of esters is 1. The number of rotatable bonds is 7. The Bertz CT molecular complexity index is 997. The predicted octanol–water partition coefficient (Wildman–Crippen LogP) is 2.88. The van der Waals surface area contributed by atoms with Crippen molar-refractivity contribution < 1.29 is 33.0 Å². The topological polar surface area (TPSA) is 90.0 Å². The molecular weight excluding hydrogens is 393 g/mol. The molecule has 2 amide bonds. The molecular formula is C22H20FNO6. The Labute approximate surface area is 172 Å². The van der Waals surface area contributed by atoms with Crippen LogP contribution >= 0.6 is 0 Å². The minimum absolute atomic E-state index is 0.00271. The summed E-state index contributed by atoms with van der Waals surface area (Å²) in [6.07, 6.45) is 0. The molecule has 1 heterocycles. The van der Waals surface area contributed by atoms with Crippen LogP contribution in [0.2, 0.25) is 0 Å². The van der Waals surface area contributed by atoms with Crippen LogP contribution in [-0.2, 0) is 9.53 Å². The van der Waals surface area contributed by atoms with Crippen LogP contribution in [0.25, 0.3) is 0 Å². The molecule has 2 aromatic carbocycles. The van der Waals surface area contributed by atoms with Gasteiger partial charge in [-0.25, -0.2) is 9.18 Å². The van der Waals surface area contributed by atoms with E-state index in [0.29, 0.717) is 0 Å². The molecule has 0 saturated carbocycles. The van der Waals surface area contributed by atoms with E-state index < -0.39 is 48.0 Å². The van der Waals surface area contributed by atoms with Gasteiger partial charge in [0.25, 0.3) is 11.8 Å². The van der Waals surface area contributed by atoms with E-state index in [2.05, 4.69) is 0 Å². The van der Waals surface area contributed by atoms with Gasteiger partial charge in [-0.15, -0.1) is 0 Å². The maximum atomic E-state index is 13.8. The smallest absolute Gasteiger partial charge is 0.330 e. The predicted molar refractivity (Wildman–Crippen MR) is 104 cm³/mol. The van der Waals surface area contributed by atoms with Gasteiger partial charge in [-0.05, 0) is 36.2 Å². The third kappa shape index (κ3) is 3.80. The summed E-state index contributed by atoms with van der Waals surface area (Å²) in [6, 6.07) is 8.71. The van der Waals surface area contributed by atoms with Crippen molar-refractivity contribution in [3.8, 4) is 5.75 Å². The van der Waals surface area contributed by atoms with Crippen molar-refractivity contribution >= 4 is 23.6 Å². The van der Waals surface area contributed by atoms with Crippen LogP contribution < -0.4 is 4.74 Å². The first kappa shape index (κ1) is 21.2. The summed E-state index contributed by atoms with van der Waals surface area (Å²) in [4.78, 5) is 51.2. The van der Waals surface area contributed by atoms with E-state index in [1.165, 1.54) is 31.4 Å². The van der Waals surface area contributed by atoms with Crippen molar-refractivity contribution in [1.82, 2.24) is 4.90 Å². The van der Waals surface area contributed by atoms with E-state index >= 15 is 0 Å². The van der Waals surface area contributed by atoms with Crippen molar-refractivity contribution in [1.29, 1.82) is 0 Å². The number of hydrogen-bond acceptors (Lipinski definition) is 6. The molecule has 0 spiro atoms. The Morgan fingerprint density at radius 3 is 2.13 bits per heavy atom. The molecule has 0 unspecified atom stereocenters. The summed E-state index contributed by atoms with van der Waals surface area (Å²) in [5.74, 6) is -3.88. The second kappa shape index (κ2) is 8.44. The van der Waals surface area contributed by atoms with Crippen LogP contribution in [0, 0.1) is 11.7 Å². The molecule has 30 heavy (non-hydrogen) atoms. The average molecular weight is 413 g/mol. The number of halogens is 1. The highest BCUT2D eigenvalue weighted by Gasteiger charge is 2.44. The van der Waals surface area contributed by atoms with Gasteiger partial charge in [0.05, 0.1) is 18.2 Å². The molecule has 2 aromatic rings. The van der Waals surface area contributed by atoms with Gasteiger partial charge in [-0.1, -0.05) is 26.0 Å². The summed E-state index contributed by atoms with van der Waals surface area (Å²) in [5.41, 5.74) is 0.430. The molecule has 1 aliphatic heterocycles. The van der Waals surface area contributed by atoms with Gasteiger partial charge in [0.2, 0.25) is 0 Å². The van der Waals surface area contributed by atoms with Gasteiger partial charge in [-0.2, -0.15) is 0 Å². The highest BCUT2D eigenvalue weighted by molar-refractivity contribution is 6.22. The summed E-state index contributed by atoms with van der Waals surface area (Å²) < 4.78 is 23.7. The molecule has 0 fully saturated rings. The number of ketones is 1. The third-order valence-electron chi connectivity index (χ3n) is 4.80. The molecule has 0 radical (unpaired) electrons. The molecule has 3 rings (SSSR count). The monoisotopic (exact) mass is 413 g/mol. The number of carbonyl (C=O) groups is 4. The minimum atomic E-state index is -1.20. The highest BCUT2D eigenvalue weighted by atomic mass is 19.1. The number of carbonyl (C=O) groups excluding carboxylic acids is 4. The molecule has 0 aromatic heterocycles. The SMILES string of the molecule is COc1ccc(C(=O)COC(=O)[C@H](C(C)C)N2C(=O)c3ccccc3C2=O)cc1F. The van der Waals surface area contributed by atoms with E-state index in [-0.39, 0.29) is 22.4 Å². The first-order chi connectivity index (χ1) is 14.3. The first-order valence-electron chi connectivity index (χ1n) is 9.26. The number of amides is 2. The van der Waals surface area contributed by atoms with E-state index in [1.54, 1.807) is 26.0 Å². The number of methoxy groups -OCH3 is 1. The zero-order valence-electron chi connectivity index (χ0n) is 16.7. The van der Waals surface area contributed by atoms with Crippen molar-refractivity contribution in [2.24, 2.45) is 5.92 Å². The van der Waals surface area contributed by atoms with Crippen LogP contribution in [-0.4, -0.2) is 48.2 Å². The molecule has 0 saturated heterocycles. The molecule has 0 bridgehead atoms. The van der Waals surface area contributed by atoms with Crippen molar-refractivity contribution in [2.45, 2.75) is 19.9 Å². The Morgan fingerprint density at radius 2 is 1.63 bits per heavy atom. The van der Waals surface area contributed by atoms with Crippen LogP contribution in [0.5, 0.6) is 5.75 Å². The second-order valence-corrected chi connectivity index (χ2v) is 7.09. The molecule has 0 N–H and O–H groups in total. The summed E-state index contributed by atoms with van der Waals surface area (Å²) in [7, 11) is 1.30. The quantitative estimate of drug-likeness (QED) is 0.394. The van der Waals surface area contributed by atoms with Crippen LogP contribution in [0.15, 0.2) is 42.5 Å². The van der Waals surface area contributed by atoms with Crippen LogP contribution in [0.1, 0.15) is 44.9 Å².